The number of benzene rings is 1. The third kappa shape index (κ3) is 6.84. The van der Waals surface area contributed by atoms with Crippen LogP contribution in [0.3, 0.4) is 0 Å². The van der Waals surface area contributed by atoms with Crippen LogP contribution in [0.25, 0.3) is 0 Å². The average Bonchev–Trinajstić information content (AvgIpc) is 2.37. The lowest BCUT2D eigenvalue weighted by atomic mass is 9.95. The van der Waals surface area contributed by atoms with Crippen LogP contribution in [-0.4, -0.2) is 30.7 Å². The van der Waals surface area contributed by atoms with Crippen LogP contribution in [0.2, 0.25) is 0 Å². The van der Waals surface area contributed by atoms with Gasteiger partial charge in [0.1, 0.15) is 5.75 Å². The van der Waals surface area contributed by atoms with E-state index in [1.807, 2.05) is 0 Å². The second-order valence-electron chi connectivity index (χ2n) is 5.20. The summed E-state index contributed by atoms with van der Waals surface area (Å²) in [5.41, 5.74) is -0.134. The lowest BCUT2D eigenvalue weighted by molar-refractivity contribution is -0.274. The second kappa shape index (κ2) is 6.66. The summed E-state index contributed by atoms with van der Waals surface area (Å²) in [7, 11) is 0. The van der Waals surface area contributed by atoms with Crippen LogP contribution < -0.4 is 15.4 Å². The third-order valence-corrected chi connectivity index (χ3v) is 2.50. The van der Waals surface area contributed by atoms with Crippen molar-refractivity contribution in [2.24, 2.45) is 5.41 Å². The number of halogens is 3. The van der Waals surface area contributed by atoms with E-state index in [2.05, 4.69) is 15.4 Å². The highest BCUT2D eigenvalue weighted by Gasteiger charge is 2.30. The van der Waals surface area contributed by atoms with Gasteiger partial charge >= 0.3 is 12.4 Å². The number of hydrogen-bond donors (Lipinski definition) is 3. The number of amides is 2. The minimum absolute atomic E-state index is 0.0865. The smallest absolute Gasteiger partial charge is 0.406 e. The van der Waals surface area contributed by atoms with Crippen molar-refractivity contribution in [2.45, 2.75) is 20.2 Å². The van der Waals surface area contributed by atoms with Crippen molar-refractivity contribution in [1.82, 2.24) is 5.32 Å². The Morgan fingerprint density at radius 2 is 1.81 bits per heavy atom. The van der Waals surface area contributed by atoms with Crippen molar-refractivity contribution in [1.29, 1.82) is 0 Å². The number of aliphatic hydroxyl groups is 1. The van der Waals surface area contributed by atoms with Crippen LogP contribution in [0.5, 0.6) is 5.75 Å². The van der Waals surface area contributed by atoms with Gasteiger partial charge in [-0.15, -0.1) is 13.2 Å². The summed E-state index contributed by atoms with van der Waals surface area (Å²) in [6, 6.07) is 4.26. The van der Waals surface area contributed by atoms with Crippen LogP contribution in [0.15, 0.2) is 24.3 Å². The van der Waals surface area contributed by atoms with Crippen molar-refractivity contribution in [2.75, 3.05) is 18.5 Å². The fourth-order valence-corrected chi connectivity index (χ4v) is 1.29. The predicted molar refractivity (Wildman–Crippen MR) is 71.0 cm³/mol. The number of urea groups is 1. The molecule has 0 atom stereocenters. The summed E-state index contributed by atoms with van der Waals surface area (Å²) in [5.74, 6) is -0.366. The first kappa shape index (κ1) is 17.1. The molecule has 5 nitrogen and oxygen atoms in total. The van der Waals surface area contributed by atoms with Gasteiger partial charge in [-0.3, -0.25) is 0 Å². The molecule has 0 unspecified atom stereocenters. The summed E-state index contributed by atoms with van der Waals surface area (Å²) >= 11 is 0. The van der Waals surface area contributed by atoms with Crippen molar-refractivity contribution >= 4 is 11.7 Å². The highest BCUT2D eigenvalue weighted by atomic mass is 19.4. The van der Waals surface area contributed by atoms with Gasteiger partial charge in [0.25, 0.3) is 0 Å². The van der Waals surface area contributed by atoms with Crippen molar-refractivity contribution in [3.8, 4) is 5.75 Å². The first-order valence-electron chi connectivity index (χ1n) is 6.13. The van der Waals surface area contributed by atoms with Gasteiger partial charge in [0.15, 0.2) is 0 Å². The Labute approximate surface area is 120 Å². The highest BCUT2D eigenvalue weighted by molar-refractivity contribution is 5.89. The largest absolute Gasteiger partial charge is 0.573 e. The molecule has 21 heavy (non-hydrogen) atoms. The molecule has 1 aromatic carbocycles. The molecule has 0 radical (unpaired) electrons. The van der Waals surface area contributed by atoms with E-state index < -0.39 is 17.8 Å². The van der Waals surface area contributed by atoms with E-state index in [9.17, 15) is 18.0 Å². The number of rotatable bonds is 5. The zero-order chi connectivity index (χ0) is 16.1. The normalized spacial score (nSPS) is 11.9. The maximum Gasteiger partial charge on any atom is 0.573 e. The van der Waals surface area contributed by atoms with Crippen LogP contribution in [-0.2, 0) is 0 Å². The summed E-state index contributed by atoms with van der Waals surface area (Å²) < 4.78 is 39.6. The third-order valence-electron chi connectivity index (χ3n) is 2.50. The van der Waals surface area contributed by atoms with Crippen LogP contribution in [0.4, 0.5) is 23.7 Å². The molecule has 2 amide bonds. The van der Waals surface area contributed by atoms with Gasteiger partial charge in [-0.1, -0.05) is 13.8 Å². The molecule has 0 fully saturated rings. The molecule has 0 aromatic heterocycles. The second-order valence-corrected chi connectivity index (χ2v) is 5.20. The molecule has 8 heteroatoms. The number of carbonyl (C=O) groups excluding carboxylic acids is 1. The molecule has 0 saturated carbocycles. The van der Waals surface area contributed by atoms with Gasteiger partial charge in [0, 0.05) is 24.3 Å². The maximum absolute atomic E-state index is 12.0. The van der Waals surface area contributed by atoms with E-state index in [-0.39, 0.29) is 18.9 Å². The molecule has 118 valence electrons. The fraction of sp³-hybridized carbons (Fsp3) is 0.462. The number of anilines is 1. The lowest BCUT2D eigenvalue weighted by Crippen LogP contribution is -2.38. The zero-order valence-corrected chi connectivity index (χ0v) is 11.6. The van der Waals surface area contributed by atoms with E-state index in [1.54, 1.807) is 13.8 Å². The molecular formula is C13H17F3N2O3. The molecule has 0 spiro atoms. The summed E-state index contributed by atoms with van der Waals surface area (Å²) in [4.78, 5) is 11.6. The van der Waals surface area contributed by atoms with Gasteiger partial charge in [0.05, 0.1) is 0 Å². The SMILES string of the molecule is CC(C)(CO)CNC(=O)Nc1ccc(OC(F)(F)F)cc1. The first-order valence-corrected chi connectivity index (χ1v) is 6.13. The molecule has 3 N–H and O–H groups in total. The molecule has 0 aliphatic rings. The Hall–Kier alpha value is -1.96. The number of carbonyl (C=O) groups is 1. The molecular weight excluding hydrogens is 289 g/mol. The lowest BCUT2D eigenvalue weighted by Gasteiger charge is -2.21. The Bertz CT molecular complexity index is 473. The van der Waals surface area contributed by atoms with E-state index >= 15 is 0 Å². The van der Waals surface area contributed by atoms with Gasteiger partial charge in [-0.2, -0.15) is 0 Å². The monoisotopic (exact) mass is 306 g/mol. The molecule has 1 rings (SSSR count). The van der Waals surface area contributed by atoms with Crippen molar-refractivity contribution < 1.29 is 27.8 Å². The minimum Gasteiger partial charge on any atom is -0.406 e. The van der Waals surface area contributed by atoms with Crippen LogP contribution in [0, 0.1) is 5.41 Å². The quantitative estimate of drug-likeness (QED) is 0.783. The number of ether oxygens (including phenoxy) is 1. The van der Waals surface area contributed by atoms with E-state index in [1.165, 1.54) is 12.1 Å². The van der Waals surface area contributed by atoms with Crippen LogP contribution in [0.1, 0.15) is 13.8 Å². The van der Waals surface area contributed by atoms with E-state index in [4.69, 9.17) is 5.11 Å². The molecule has 0 saturated heterocycles. The minimum atomic E-state index is -4.75. The Morgan fingerprint density at radius 1 is 1.24 bits per heavy atom. The molecule has 1 aromatic rings. The molecule has 0 heterocycles. The predicted octanol–water partition coefficient (Wildman–Crippen LogP) is 2.73. The Kier molecular flexibility index (Phi) is 5.42. The van der Waals surface area contributed by atoms with Gasteiger partial charge in [-0.25, -0.2) is 4.79 Å². The fourth-order valence-electron chi connectivity index (χ4n) is 1.29. The molecule has 0 aliphatic carbocycles. The standard InChI is InChI=1S/C13H17F3N2O3/c1-12(2,8-19)7-17-11(20)18-9-3-5-10(6-4-9)21-13(14,15)16/h3-6,19H,7-8H2,1-2H3,(H2,17,18,20). The van der Waals surface area contributed by atoms with Gasteiger partial charge in [0.2, 0.25) is 0 Å². The maximum atomic E-state index is 12.0. The van der Waals surface area contributed by atoms with E-state index in [0.29, 0.717) is 5.69 Å². The summed E-state index contributed by atoms with van der Waals surface area (Å²) in [5, 5.41) is 14.1. The average molecular weight is 306 g/mol. The molecule has 0 aliphatic heterocycles. The van der Waals surface area contributed by atoms with Crippen molar-refractivity contribution in [3.05, 3.63) is 24.3 Å². The topological polar surface area (TPSA) is 70.6 Å². The number of aliphatic hydroxyl groups excluding tert-OH is 1. The number of hydrogen-bond acceptors (Lipinski definition) is 3. The zero-order valence-electron chi connectivity index (χ0n) is 11.6. The highest BCUT2D eigenvalue weighted by Crippen LogP contribution is 2.23. The number of alkyl halides is 3. The first-order chi connectivity index (χ1) is 9.61. The molecule has 0 bridgehead atoms. The van der Waals surface area contributed by atoms with Crippen LogP contribution >= 0.6 is 0 Å². The summed E-state index contributed by atoms with van der Waals surface area (Å²) in [6.07, 6.45) is -4.75. The number of nitrogens with one attached hydrogen (secondary N) is 2. The van der Waals surface area contributed by atoms with Crippen molar-refractivity contribution in [3.63, 3.8) is 0 Å². The Morgan fingerprint density at radius 3 is 2.29 bits per heavy atom. The van der Waals surface area contributed by atoms with Gasteiger partial charge in [-0.05, 0) is 24.3 Å². The summed E-state index contributed by atoms with van der Waals surface area (Å²) in [6.45, 7) is 3.72. The van der Waals surface area contributed by atoms with Gasteiger partial charge < -0.3 is 20.5 Å². The Balaban J connectivity index is 2.50. The van der Waals surface area contributed by atoms with E-state index in [0.717, 1.165) is 12.1 Å².